The summed E-state index contributed by atoms with van der Waals surface area (Å²) in [6, 6.07) is 0. The van der Waals surface area contributed by atoms with E-state index < -0.39 is 0 Å². The van der Waals surface area contributed by atoms with Crippen LogP contribution in [-0.4, -0.2) is 22.0 Å². The molecule has 0 aliphatic heterocycles. The lowest BCUT2D eigenvalue weighted by Gasteiger charge is -2.01. The fraction of sp³-hybridized carbons (Fsp3) is 0.500. The molecule has 0 aromatic carbocycles. The number of amides is 1. The lowest BCUT2D eigenvalue weighted by molar-refractivity contribution is -0.121. The van der Waals surface area contributed by atoms with Crippen molar-refractivity contribution in [3.05, 3.63) is 22.9 Å². The van der Waals surface area contributed by atoms with Crippen LogP contribution in [0.2, 0.25) is 0 Å². The third kappa shape index (κ3) is 2.77. The van der Waals surface area contributed by atoms with Crippen LogP contribution in [0.1, 0.15) is 13.3 Å². The normalized spacial score (nSPS) is 9.92. The monoisotopic (exact) mass is 183 g/mol. The first-order valence-electron chi connectivity index (χ1n) is 4.24. The van der Waals surface area contributed by atoms with E-state index in [4.69, 9.17) is 0 Å². The van der Waals surface area contributed by atoms with E-state index in [0.29, 0.717) is 19.5 Å². The molecule has 0 aliphatic carbocycles. The number of nitrogens with one attached hydrogen (secondary N) is 2. The van der Waals surface area contributed by atoms with Crippen LogP contribution in [0, 0.1) is 0 Å². The summed E-state index contributed by atoms with van der Waals surface area (Å²) in [7, 11) is 0. The van der Waals surface area contributed by atoms with Gasteiger partial charge in [-0.3, -0.25) is 9.36 Å². The molecule has 1 rings (SSSR count). The minimum Gasteiger partial charge on any atom is -0.356 e. The van der Waals surface area contributed by atoms with Crippen LogP contribution >= 0.6 is 0 Å². The first kappa shape index (κ1) is 9.57. The molecule has 0 atom stereocenters. The molecule has 0 radical (unpaired) electrons. The summed E-state index contributed by atoms with van der Waals surface area (Å²) < 4.78 is 1.47. The number of imidazole rings is 1. The Morgan fingerprint density at radius 3 is 3.00 bits per heavy atom. The van der Waals surface area contributed by atoms with E-state index in [0.717, 1.165) is 0 Å². The van der Waals surface area contributed by atoms with Crippen LogP contribution in [0.15, 0.2) is 17.2 Å². The maximum absolute atomic E-state index is 11.0. The Kier molecular flexibility index (Phi) is 3.31. The fourth-order valence-corrected chi connectivity index (χ4v) is 1.03. The van der Waals surface area contributed by atoms with Crippen molar-refractivity contribution in [3.63, 3.8) is 0 Å². The Balaban J connectivity index is 2.39. The lowest BCUT2D eigenvalue weighted by Crippen LogP contribution is -2.26. The highest BCUT2D eigenvalue weighted by atomic mass is 16.2. The average molecular weight is 183 g/mol. The summed E-state index contributed by atoms with van der Waals surface area (Å²) in [5, 5.41) is 2.66. The molecule has 0 bridgehead atoms. The summed E-state index contributed by atoms with van der Waals surface area (Å²) in [6.45, 7) is 2.91. The summed E-state index contributed by atoms with van der Waals surface area (Å²) in [5.74, 6) is -0.0319. The molecule has 0 saturated heterocycles. The van der Waals surface area contributed by atoms with Gasteiger partial charge in [-0.15, -0.1) is 0 Å². The Morgan fingerprint density at radius 2 is 2.46 bits per heavy atom. The SMILES string of the molecule is CCNC(=O)CCn1cc[nH]c1=O. The molecule has 1 aromatic rings. The van der Waals surface area contributed by atoms with Gasteiger partial charge in [-0.25, -0.2) is 4.79 Å². The van der Waals surface area contributed by atoms with E-state index in [-0.39, 0.29) is 11.6 Å². The van der Waals surface area contributed by atoms with Gasteiger partial charge in [0.15, 0.2) is 0 Å². The molecule has 72 valence electrons. The number of aromatic nitrogens is 2. The van der Waals surface area contributed by atoms with Gasteiger partial charge in [0, 0.05) is 31.9 Å². The molecule has 5 nitrogen and oxygen atoms in total. The summed E-state index contributed by atoms with van der Waals surface area (Å²) in [6.07, 6.45) is 3.52. The second-order valence-electron chi connectivity index (χ2n) is 2.66. The molecule has 0 aliphatic rings. The standard InChI is InChI=1S/C8H13N3O2/c1-2-9-7(12)3-5-11-6-4-10-8(11)13/h4,6H,2-3,5H2,1H3,(H,9,12)(H,10,13). The topological polar surface area (TPSA) is 66.9 Å². The van der Waals surface area contributed by atoms with Crippen molar-refractivity contribution in [2.45, 2.75) is 19.9 Å². The molecule has 0 spiro atoms. The third-order valence-electron chi connectivity index (χ3n) is 1.68. The van der Waals surface area contributed by atoms with Crippen molar-refractivity contribution in [1.82, 2.24) is 14.9 Å². The molecule has 13 heavy (non-hydrogen) atoms. The van der Waals surface area contributed by atoms with E-state index in [1.54, 1.807) is 12.4 Å². The maximum atomic E-state index is 11.0. The zero-order valence-corrected chi connectivity index (χ0v) is 7.54. The highest BCUT2D eigenvalue weighted by Crippen LogP contribution is 1.85. The third-order valence-corrected chi connectivity index (χ3v) is 1.68. The highest BCUT2D eigenvalue weighted by molar-refractivity contribution is 5.75. The van der Waals surface area contributed by atoms with Gasteiger partial charge in [-0.1, -0.05) is 0 Å². The quantitative estimate of drug-likeness (QED) is 0.673. The maximum Gasteiger partial charge on any atom is 0.325 e. The molecule has 5 heteroatoms. The molecule has 0 unspecified atom stereocenters. The van der Waals surface area contributed by atoms with Crippen molar-refractivity contribution >= 4 is 5.91 Å². The van der Waals surface area contributed by atoms with E-state index in [1.807, 2.05) is 6.92 Å². The van der Waals surface area contributed by atoms with Gasteiger partial charge < -0.3 is 10.3 Å². The summed E-state index contributed by atoms with van der Waals surface area (Å²) >= 11 is 0. The zero-order valence-electron chi connectivity index (χ0n) is 7.54. The number of aryl methyl sites for hydroxylation is 1. The fourth-order valence-electron chi connectivity index (χ4n) is 1.03. The number of hydrogen-bond donors (Lipinski definition) is 2. The largest absolute Gasteiger partial charge is 0.356 e. The van der Waals surface area contributed by atoms with Crippen LogP contribution in [-0.2, 0) is 11.3 Å². The first-order valence-corrected chi connectivity index (χ1v) is 4.24. The van der Waals surface area contributed by atoms with Crippen LogP contribution < -0.4 is 11.0 Å². The second kappa shape index (κ2) is 4.49. The zero-order chi connectivity index (χ0) is 9.68. The molecular weight excluding hydrogens is 170 g/mol. The predicted octanol–water partition coefficient (Wildman–Crippen LogP) is -0.297. The minimum atomic E-state index is -0.177. The highest BCUT2D eigenvalue weighted by Gasteiger charge is 2.00. The number of hydrogen-bond acceptors (Lipinski definition) is 2. The van der Waals surface area contributed by atoms with Crippen LogP contribution in [0.4, 0.5) is 0 Å². The van der Waals surface area contributed by atoms with Crippen molar-refractivity contribution in [1.29, 1.82) is 0 Å². The van der Waals surface area contributed by atoms with Gasteiger partial charge in [-0.05, 0) is 6.92 Å². The van der Waals surface area contributed by atoms with Crippen molar-refractivity contribution in [3.8, 4) is 0 Å². The van der Waals surface area contributed by atoms with Gasteiger partial charge in [0.2, 0.25) is 5.91 Å². The number of carbonyl (C=O) groups is 1. The second-order valence-corrected chi connectivity index (χ2v) is 2.66. The van der Waals surface area contributed by atoms with Crippen molar-refractivity contribution in [2.75, 3.05) is 6.54 Å². The Bertz CT molecular complexity index is 326. The molecular formula is C8H13N3O2. The van der Waals surface area contributed by atoms with E-state index in [1.165, 1.54) is 4.57 Å². The Hall–Kier alpha value is -1.52. The van der Waals surface area contributed by atoms with Gasteiger partial charge in [0.1, 0.15) is 0 Å². The number of nitrogens with zero attached hydrogens (tertiary/aromatic N) is 1. The first-order chi connectivity index (χ1) is 6.24. The number of rotatable bonds is 4. The Morgan fingerprint density at radius 1 is 1.69 bits per heavy atom. The van der Waals surface area contributed by atoms with E-state index in [2.05, 4.69) is 10.3 Å². The van der Waals surface area contributed by atoms with Crippen molar-refractivity contribution in [2.24, 2.45) is 0 Å². The number of aromatic amines is 1. The van der Waals surface area contributed by atoms with Crippen LogP contribution in [0.3, 0.4) is 0 Å². The van der Waals surface area contributed by atoms with Crippen LogP contribution in [0.5, 0.6) is 0 Å². The molecule has 1 heterocycles. The van der Waals surface area contributed by atoms with Gasteiger partial charge in [-0.2, -0.15) is 0 Å². The predicted molar refractivity (Wildman–Crippen MR) is 48.4 cm³/mol. The van der Waals surface area contributed by atoms with Gasteiger partial charge in [0.05, 0.1) is 0 Å². The molecule has 1 amide bonds. The number of carbonyl (C=O) groups excluding carboxylic acids is 1. The Labute approximate surface area is 75.8 Å². The van der Waals surface area contributed by atoms with E-state index >= 15 is 0 Å². The molecule has 0 saturated carbocycles. The summed E-state index contributed by atoms with van der Waals surface area (Å²) in [4.78, 5) is 24.5. The van der Waals surface area contributed by atoms with Crippen LogP contribution in [0.25, 0.3) is 0 Å². The molecule has 0 fully saturated rings. The smallest absolute Gasteiger partial charge is 0.325 e. The van der Waals surface area contributed by atoms with Gasteiger partial charge >= 0.3 is 5.69 Å². The van der Waals surface area contributed by atoms with Crippen molar-refractivity contribution < 1.29 is 4.79 Å². The lowest BCUT2D eigenvalue weighted by atomic mass is 10.4. The summed E-state index contributed by atoms with van der Waals surface area (Å²) in [5.41, 5.74) is -0.177. The minimum absolute atomic E-state index is 0.0319. The van der Waals surface area contributed by atoms with Gasteiger partial charge in [0.25, 0.3) is 0 Å². The molecule has 2 N–H and O–H groups in total. The molecule has 1 aromatic heterocycles. The van der Waals surface area contributed by atoms with E-state index in [9.17, 15) is 9.59 Å². The average Bonchev–Trinajstić information content (AvgIpc) is 2.48. The number of H-pyrrole nitrogens is 1.